The number of hydrogen-bond donors (Lipinski definition) is 2. The topological polar surface area (TPSA) is 93.4 Å². The first-order valence-electron chi connectivity index (χ1n) is 4.07. The van der Waals surface area contributed by atoms with Gasteiger partial charge in [-0.05, 0) is 6.92 Å². The predicted molar refractivity (Wildman–Crippen MR) is 48.4 cm³/mol. The molecule has 0 spiro atoms. The van der Waals surface area contributed by atoms with Crippen molar-refractivity contribution in [3.8, 4) is 6.07 Å². The lowest BCUT2D eigenvalue weighted by atomic mass is 10.2. The van der Waals surface area contributed by atoms with E-state index in [4.69, 9.17) is 10.4 Å². The number of urea groups is 1. The van der Waals surface area contributed by atoms with Gasteiger partial charge in [-0.25, -0.2) is 4.79 Å². The zero-order chi connectivity index (χ0) is 11.1. The highest BCUT2D eigenvalue weighted by atomic mass is 16.4. The Kier molecular flexibility index (Phi) is 5.07. The van der Waals surface area contributed by atoms with Gasteiger partial charge >= 0.3 is 12.0 Å². The minimum Gasteiger partial charge on any atom is -0.480 e. The van der Waals surface area contributed by atoms with Crippen molar-refractivity contribution in [1.82, 2.24) is 10.2 Å². The van der Waals surface area contributed by atoms with E-state index in [0.29, 0.717) is 0 Å². The summed E-state index contributed by atoms with van der Waals surface area (Å²) in [5.74, 6) is -1.37. The molecule has 0 fully saturated rings. The quantitative estimate of drug-likeness (QED) is 0.659. The summed E-state index contributed by atoms with van der Waals surface area (Å²) in [5, 5.41) is 19.0. The standard InChI is InChI=1S/C8H13N3O3/c1-6(3-9)5-11(2)8(14)10-4-7(12)13/h6H,4-5H2,1-2H3,(H,10,14)(H,12,13). The zero-order valence-corrected chi connectivity index (χ0v) is 8.15. The van der Waals surface area contributed by atoms with E-state index in [1.54, 1.807) is 6.92 Å². The number of carboxylic acids is 1. The Morgan fingerprint density at radius 2 is 2.21 bits per heavy atom. The minimum atomic E-state index is -1.10. The Bertz CT molecular complexity index is 259. The fourth-order valence-electron chi connectivity index (χ4n) is 0.821. The molecule has 2 N–H and O–H groups in total. The second kappa shape index (κ2) is 5.80. The molecule has 0 aromatic rings. The molecule has 1 atom stereocenters. The SMILES string of the molecule is CC(C#N)CN(C)C(=O)NCC(=O)O. The van der Waals surface area contributed by atoms with Gasteiger partial charge in [-0.3, -0.25) is 4.79 Å². The third kappa shape index (κ3) is 4.98. The lowest BCUT2D eigenvalue weighted by Gasteiger charge is -2.17. The average Bonchev–Trinajstić information content (AvgIpc) is 2.13. The van der Waals surface area contributed by atoms with Gasteiger partial charge in [0, 0.05) is 13.6 Å². The number of rotatable bonds is 4. The molecule has 0 rings (SSSR count). The molecule has 6 heteroatoms. The van der Waals surface area contributed by atoms with E-state index in [9.17, 15) is 9.59 Å². The number of nitrogens with one attached hydrogen (secondary N) is 1. The largest absolute Gasteiger partial charge is 0.480 e. The summed E-state index contributed by atoms with van der Waals surface area (Å²) in [5.41, 5.74) is 0. The number of carboxylic acid groups (broad SMARTS) is 1. The second-order valence-electron chi connectivity index (χ2n) is 2.96. The predicted octanol–water partition coefficient (Wildman–Crippen LogP) is -0.128. The maximum atomic E-state index is 11.1. The fraction of sp³-hybridized carbons (Fsp3) is 0.625. The van der Waals surface area contributed by atoms with Crippen LogP contribution in [0.4, 0.5) is 4.79 Å². The summed E-state index contributed by atoms with van der Waals surface area (Å²) in [6.45, 7) is 1.55. The molecule has 6 nitrogen and oxygen atoms in total. The van der Waals surface area contributed by atoms with Crippen LogP contribution in [0, 0.1) is 17.2 Å². The number of aliphatic carboxylic acids is 1. The molecule has 0 aromatic heterocycles. The van der Waals surface area contributed by atoms with E-state index in [1.807, 2.05) is 6.07 Å². The molecule has 0 aliphatic rings. The van der Waals surface area contributed by atoms with Gasteiger partial charge in [0.2, 0.25) is 0 Å². The maximum absolute atomic E-state index is 11.1. The summed E-state index contributed by atoms with van der Waals surface area (Å²) in [6.07, 6.45) is 0. The van der Waals surface area contributed by atoms with Gasteiger partial charge in [0.15, 0.2) is 0 Å². The molecule has 0 aliphatic heterocycles. The van der Waals surface area contributed by atoms with Crippen LogP contribution in [-0.2, 0) is 4.79 Å². The van der Waals surface area contributed by atoms with Crippen molar-refractivity contribution in [2.24, 2.45) is 5.92 Å². The van der Waals surface area contributed by atoms with Crippen LogP contribution in [0.1, 0.15) is 6.92 Å². The van der Waals surface area contributed by atoms with Crippen LogP contribution in [-0.4, -0.2) is 42.1 Å². The molecule has 78 valence electrons. The van der Waals surface area contributed by atoms with Crippen LogP contribution >= 0.6 is 0 Å². The molecule has 0 bridgehead atoms. The van der Waals surface area contributed by atoms with Crippen molar-refractivity contribution in [2.75, 3.05) is 20.1 Å². The average molecular weight is 199 g/mol. The highest BCUT2D eigenvalue weighted by Gasteiger charge is 2.12. The van der Waals surface area contributed by atoms with Crippen LogP contribution in [0.2, 0.25) is 0 Å². The number of carbonyl (C=O) groups excluding carboxylic acids is 1. The first-order valence-corrected chi connectivity index (χ1v) is 4.07. The van der Waals surface area contributed by atoms with Crippen LogP contribution in [0.15, 0.2) is 0 Å². The van der Waals surface area contributed by atoms with Crippen LogP contribution in [0.5, 0.6) is 0 Å². The summed E-state index contributed by atoms with van der Waals surface area (Å²) < 4.78 is 0. The minimum absolute atomic E-state index is 0.268. The van der Waals surface area contributed by atoms with E-state index in [0.717, 1.165) is 0 Å². The molecule has 0 aromatic carbocycles. The van der Waals surface area contributed by atoms with E-state index in [-0.39, 0.29) is 12.5 Å². The van der Waals surface area contributed by atoms with Gasteiger partial charge in [0.1, 0.15) is 6.54 Å². The molecule has 0 radical (unpaired) electrons. The summed E-state index contributed by atoms with van der Waals surface area (Å²) in [4.78, 5) is 22.5. The molecule has 1 unspecified atom stereocenters. The molecule has 0 aliphatic carbocycles. The van der Waals surface area contributed by atoms with Crippen molar-refractivity contribution in [3.05, 3.63) is 0 Å². The van der Waals surface area contributed by atoms with Crippen molar-refractivity contribution in [1.29, 1.82) is 5.26 Å². The second-order valence-corrected chi connectivity index (χ2v) is 2.96. The fourth-order valence-corrected chi connectivity index (χ4v) is 0.821. The third-order valence-electron chi connectivity index (χ3n) is 1.51. The van der Waals surface area contributed by atoms with E-state index in [2.05, 4.69) is 5.32 Å². The molecule has 0 saturated carbocycles. The van der Waals surface area contributed by atoms with E-state index < -0.39 is 18.5 Å². The normalized spacial score (nSPS) is 11.2. The number of nitrogens with zero attached hydrogens (tertiary/aromatic N) is 2. The highest BCUT2D eigenvalue weighted by molar-refractivity contribution is 5.79. The Morgan fingerprint density at radius 3 is 2.64 bits per heavy atom. The number of hydrogen-bond acceptors (Lipinski definition) is 3. The van der Waals surface area contributed by atoms with Crippen molar-refractivity contribution in [3.63, 3.8) is 0 Å². The number of nitriles is 1. The molecule has 2 amide bonds. The van der Waals surface area contributed by atoms with Gasteiger partial charge in [-0.2, -0.15) is 5.26 Å². The first kappa shape index (κ1) is 12.2. The summed E-state index contributed by atoms with van der Waals surface area (Å²) in [7, 11) is 1.50. The van der Waals surface area contributed by atoms with Crippen molar-refractivity contribution in [2.45, 2.75) is 6.92 Å². The molecule has 14 heavy (non-hydrogen) atoms. The smallest absolute Gasteiger partial charge is 0.323 e. The Hall–Kier alpha value is -1.77. The van der Waals surface area contributed by atoms with Crippen LogP contribution in [0.3, 0.4) is 0 Å². The van der Waals surface area contributed by atoms with Gasteiger partial charge in [-0.15, -0.1) is 0 Å². The first-order chi connectivity index (χ1) is 6.47. The van der Waals surface area contributed by atoms with E-state index >= 15 is 0 Å². The molecular formula is C8H13N3O3. The number of carbonyl (C=O) groups is 2. The van der Waals surface area contributed by atoms with Crippen molar-refractivity contribution >= 4 is 12.0 Å². The highest BCUT2D eigenvalue weighted by Crippen LogP contribution is 1.95. The van der Waals surface area contributed by atoms with Gasteiger partial charge in [-0.1, -0.05) is 0 Å². The lowest BCUT2D eigenvalue weighted by Crippen LogP contribution is -2.41. The van der Waals surface area contributed by atoms with Gasteiger partial charge in [0.05, 0.1) is 12.0 Å². The number of amides is 2. The van der Waals surface area contributed by atoms with Gasteiger partial charge < -0.3 is 15.3 Å². The summed E-state index contributed by atoms with van der Waals surface area (Å²) in [6, 6.07) is 1.49. The maximum Gasteiger partial charge on any atom is 0.323 e. The molecule has 0 heterocycles. The monoisotopic (exact) mass is 199 g/mol. The Morgan fingerprint density at radius 1 is 1.64 bits per heavy atom. The molecular weight excluding hydrogens is 186 g/mol. The molecule has 0 saturated heterocycles. The Balaban J connectivity index is 3.89. The third-order valence-corrected chi connectivity index (χ3v) is 1.51. The van der Waals surface area contributed by atoms with Crippen LogP contribution < -0.4 is 5.32 Å². The lowest BCUT2D eigenvalue weighted by molar-refractivity contribution is -0.135. The van der Waals surface area contributed by atoms with E-state index in [1.165, 1.54) is 11.9 Å². The van der Waals surface area contributed by atoms with Crippen LogP contribution in [0.25, 0.3) is 0 Å². The van der Waals surface area contributed by atoms with Gasteiger partial charge in [0.25, 0.3) is 0 Å². The zero-order valence-electron chi connectivity index (χ0n) is 8.15. The van der Waals surface area contributed by atoms with Crippen molar-refractivity contribution < 1.29 is 14.7 Å². The summed E-state index contributed by atoms with van der Waals surface area (Å²) >= 11 is 0. The Labute approximate surface area is 82.1 Å².